The Balaban J connectivity index is 4.61. The van der Waals surface area contributed by atoms with Gasteiger partial charge in [-0.1, -0.05) is 13.8 Å². The Labute approximate surface area is 115 Å². The van der Waals surface area contributed by atoms with Gasteiger partial charge in [0.05, 0.1) is 6.61 Å². The fourth-order valence-electron chi connectivity index (χ4n) is 1.71. The second-order valence-corrected chi connectivity index (χ2v) is 5.25. The van der Waals surface area contributed by atoms with Gasteiger partial charge in [-0.15, -0.1) is 0 Å². The summed E-state index contributed by atoms with van der Waals surface area (Å²) in [5.41, 5.74) is 0. The van der Waals surface area contributed by atoms with Crippen molar-refractivity contribution >= 4 is 12.0 Å². The van der Waals surface area contributed by atoms with Crippen LogP contribution in [0.25, 0.3) is 0 Å². The number of urea groups is 1. The zero-order valence-corrected chi connectivity index (χ0v) is 12.5. The van der Waals surface area contributed by atoms with Crippen molar-refractivity contribution in [3.63, 3.8) is 0 Å². The van der Waals surface area contributed by atoms with Crippen molar-refractivity contribution < 1.29 is 19.4 Å². The van der Waals surface area contributed by atoms with Crippen molar-refractivity contribution in [2.75, 3.05) is 20.3 Å². The van der Waals surface area contributed by atoms with Crippen LogP contribution in [0.3, 0.4) is 0 Å². The maximum Gasteiger partial charge on any atom is 0.326 e. The SMILES string of the molecule is COCCN(C(=O)N[C@@H](CC(C)C)C(=O)O)C(C)C. The van der Waals surface area contributed by atoms with Gasteiger partial charge in [0.25, 0.3) is 0 Å². The zero-order valence-electron chi connectivity index (χ0n) is 12.5. The Bertz CT molecular complexity index is 292. The van der Waals surface area contributed by atoms with E-state index in [0.717, 1.165) is 0 Å². The first kappa shape index (κ1) is 17.7. The molecule has 6 heteroatoms. The molecular weight excluding hydrogens is 248 g/mol. The lowest BCUT2D eigenvalue weighted by molar-refractivity contribution is -0.139. The maximum atomic E-state index is 12.1. The van der Waals surface area contributed by atoms with Crippen molar-refractivity contribution in [1.82, 2.24) is 10.2 Å². The van der Waals surface area contributed by atoms with Gasteiger partial charge < -0.3 is 20.1 Å². The van der Waals surface area contributed by atoms with E-state index >= 15 is 0 Å². The molecule has 0 aromatic rings. The topological polar surface area (TPSA) is 78.9 Å². The number of carbonyl (C=O) groups excluding carboxylic acids is 1. The van der Waals surface area contributed by atoms with Gasteiger partial charge in [0.15, 0.2) is 0 Å². The van der Waals surface area contributed by atoms with E-state index in [0.29, 0.717) is 19.6 Å². The molecule has 0 fully saturated rings. The maximum absolute atomic E-state index is 12.1. The number of nitrogens with zero attached hydrogens (tertiary/aromatic N) is 1. The van der Waals surface area contributed by atoms with E-state index in [1.807, 2.05) is 27.7 Å². The standard InChI is InChI=1S/C13H26N2O4/c1-9(2)8-11(12(16)17)14-13(18)15(10(3)4)6-7-19-5/h9-11H,6-8H2,1-5H3,(H,14,18)(H,16,17)/t11-/m0/s1. The van der Waals surface area contributed by atoms with Gasteiger partial charge in [-0.3, -0.25) is 0 Å². The highest BCUT2D eigenvalue weighted by molar-refractivity contribution is 5.82. The quantitative estimate of drug-likeness (QED) is 0.704. The number of carboxylic acid groups (broad SMARTS) is 1. The van der Waals surface area contributed by atoms with Crippen LogP contribution in [0.5, 0.6) is 0 Å². The van der Waals surface area contributed by atoms with Gasteiger partial charge in [0.2, 0.25) is 0 Å². The summed E-state index contributed by atoms with van der Waals surface area (Å²) in [5.74, 6) is -0.801. The number of hydrogen-bond donors (Lipinski definition) is 2. The summed E-state index contributed by atoms with van der Waals surface area (Å²) >= 11 is 0. The van der Waals surface area contributed by atoms with E-state index < -0.39 is 12.0 Å². The molecule has 2 amide bonds. The highest BCUT2D eigenvalue weighted by Crippen LogP contribution is 2.07. The van der Waals surface area contributed by atoms with E-state index in [1.165, 1.54) is 0 Å². The van der Waals surface area contributed by atoms with Crippen molar-refractivity contribution in [3.8, 4) is 0 Å². The predicted octanol–water partition coefficient (Wildman–Crippen LogP) is 1.55. The molecule has 0 saturated heterocycles. The molecule has 0 radical (unpaired) electrons. The van der Waals surface area contributed by atoms with Gasteiger partial charge >= 0.3 is 12.0 Å². The minimum atomic E-state index is -1.00. The molecule has 0 spiro atoms. The number of carboxylic acids is 1. The molecule has 0 aliphatic carbocycles. The van der Waals surface area contributed by atoms with Crippen LogP contribution in [-0.2, 0) is 9.53 Å². The summed E-state index contributed by atoms with van der Waals surface area (Å²) in [5, 5.41) is 11.7. The fraction of sp³-hybridized carbons (Fsp3) is 0.846. The first-order valence-corrected chi connectivity index (χ1v) is 6.58. The predicted molar refractivity (Wildman–Crippen MR) is 73.1 cm³/mol. The van der Waals surface area contributed by atoms with Gasteiger partial charge in [-0.05, 0) is 26.2 Å². The summed E-state index contributed by atoms with van der Waals surface area (Å²) in [6.07, 6.45) is 0.414. The summed E-state index contributed by atoms with van der Waals surface area (Å²) in [4.78, 5) is 24.8. The molecule has 0 bridgehead atoms. The van der Waals surface area contributed by atoms with Crippen molar-refractivity contribution in [1.29, 1.82) is 0 Å². The summed E-state index contributed by atoms with van der Waals surface area (Å²) in [6, 6.07) is -1.22. The molecule has 6 nitrogen and oxygen atoms in total. The van der Waals surface area contributed by atoms with Crippen LogP contribution in [0.15, 0.2) is 0 Å². The Kier molecular flexibility index (Phi) is 8.14. The third-order valence-electron chi connectivity index (χ3n) is 2.72. The first-order chi connectivity index (χ1) is 8.79. The third-order valence-corrected chi connectivity index (χ3v) is 2.72. The molecular formula is C13H26N2O4. The second-order valence-electron chi connectivity index (χ2n) is 5.25. The van der Waals surface area contributed by atoms with Gasteiger partial charge in [-0.25, -0.2) is 9.59 Å². The number of nitrogens with one attached hydrogen (secondary N) is 1. The molecule has 0 rings (SSSR count). The number of ether oxygens (including phenoxy) is 1. The minimum absolute atomic E-state index is 0.0105. The molecule has 0 heterocycles. The number of amides is 2. The Morgan fingerprint density at radius 2 is 1.84 bits per heavy atom. The molecule has 2 N–H and O–H groups in total. The molecule has 0 aliphatic heterocycles. The Hall–Kier alpha value is -1.30. The minimum Gasteiger partial charge on any atom is -0.480 e. The molecule has 0 aromatic heterocycles. The van der Waals surface area contributed by atoms with E-state index in [9.17, 15) is 9.59 Å². The monoisotopic (exact) mass is 274 g/mol. The number of hydrogen-bond acceptors (Lipinski definition) is 3. The molecule has 19 heavy (non-hydrogen) atoms. The van der Waals surface area contributed by atoms with Gasteiger partial charge in [0.1, 0.15) is 6.04 Å². The molecule has 112 valence electrons. The normalized spacial score (nSPS) is 12.6. The lowest BCUT2D eigenvalue weighted by Gasteiger charge is -2.28. The molecule has 0 aromatic carbocycles. The van der Waals surface area contributed by atoms with E-state index in [4.69, 9.17) is 9.84 Å². The van der Waals surface area contributed by atoms with Crippen molar-refractivity contribution in [3.05, 3.63) is 0 Å². The van der Waals surface area contributed by atoms with E-state index in [1.54, 1.807) is 12.0 Å². The average Bonchev–Trinajstić information content (AvgIpc) is 2.27. The fourth-order valence-corrected chi connectivity index (χ4v) is 1.71. The largest absolute Gasteiger partial charge is 0.480 e. The zero-order chi connectivity index (χ0) is 15.0. The summed E-state index contributed by atoms with van der Waals surface area (Å²) < 4.78 is 4.95. The number of methoxy groups -OCH3 is 1. The highest BCUT2D eigenvalue weighted by atomic mass is 16.5. The van der Waals surface area contributed by atoms with Gasteiger partial charge in [0, 0.05) is 19.7 Å². The van der Waals surface area contributed by atoms with Crippen molar-refractivity contribution in [2.45, 2.75) is 46.2 Å². The Morgan fingerprint density at radius 1 is 1.26 bits per heavy atom. The molecule has 1 atom stereocenters. The molecule has 0 aliphatic rings. The third kappa shape index (κ3) is 7.00. The van der Waals surface area contributed by atoms with Gasteiger partial charge in [-0.2, -0.15) is 0 Å². The van der Waals surface area contributed by atoms with E-state index in [-0.39, 0.29) is 18.0 Å². The second kappa shape index (κ2) is 8.74. The Morgan fingerprint density at radius 3 is 2.21 bits per heavy atom. The first-order valence-electron chi connectivity index (χ1n) is 6.58. The highest BCUT2D eigenvalue weighted by Gasteiger charge is 2.24. The van der Waals surface area contributed by atoms with Crippen LogP contribution in [-0.4, -0.2) is 54.4 Å². The molecule has 0 unspecified atom stereocenters. The van der Waals surface area contributed by atoms with Crippen molar-refractivity contribution in [2.24, 2.45) is 5.92 Å². The van der Waals surface area contributed by atoms with Crippen LogP contribution in [0, 0.1) is 5.92 Å². The summed E-state index contributed by atoms with van der Waals surface area (Å²) in [6.45, 7) is 8.48. The number of carbonyl (C=O) groups is 2. The van der Waals surface area contributed by atoms with Crippen LogP contribution in [0.1, 0.15) is 34.1 Å². The molecule has 0 saturated carbocycles. The number of rotatable bonds is 8. The number of aliphatic carboxylic acids is 1. The lowest BCUT2D eigenvalue weighted by Crippen LogP contribution is -2.51. The van der Waals surface area contributed by atoms with Crippen LogP contribution in [0.4, 0.5) is 4.79 Å². The van der Waals surface area contributed by atoms with Crippen LogP contribution >= 0.6 is 0 Å². The lowest BCUT2D eigenvalue weighted by atomic mass is 10.0. The van der Waals surface area contributed by atoms with Crippen LogP contribution < -0.4 is 5.32 Å². The average molecular weight is 274 g/mol. The smallest absolute Gasteiger partial charge is 0.326 e. The van der Waals surface area contributed by atoms with Crippen LogP contribution in [0.2, 0.25) is 0 Å². The van der Waals surface area contributed by atoms with E-state index in [2.05, 4.69) is 5.32 Å². The summed E-state index contributed by atoms with van der Waals surface area (Å²) in [7, 11) is 1.56.